The van der Waals surface area contributed by atoms with Gasteiger partial charge >= 0.3 is 5.97 Å². The molecule has 0 aliphatic carbocycles. The fourth-order valence-corrected chi connectivity index (χ4v) is 2.14. The second kappa shape index (κ2) is 5.33. The lowest BCUT2D eigenvalue weighted by molar-refractivity contribution is 0.0696. The Balaban J connectivity index is 2.25. The van der Waals surface area contributed by atoms with Gasteiger partial charge in [-0.1, -0.05) is 16.1 Å². The Bertz CT molecular complexity index is 656. The molecule has 98 valence electrons. The number of carbonyl (C=O) groups is 2. The largest absolute Gasteiger partial charge is 0.478 e. The number of aryl methyl sites for hydroxylation is 1. The normalized spacial score (nSPS) is 10.2. The fraction of sp³-hybridized carbons (Fsp3) is 0.0909. The summed E-state index contributed by atoms with van der Waals surface area (Å²) in [6.45, 7) is 1.67. The number of anilines is 1. The first-order valence-electron chi connectivity index (χ1n) is 5.12. The van der Waals surface area contributed by atoms with Crippen LogP contribution in [0, 0.1) is 6.92 Å². The van der Waals surface area contributed by atoms with E-state index >= 15 is 0 Å². The molecule has 1 aromatic carbocycles. The summed E-state index contributed by atoms with van der Waals surface area (Å²) in [5.74, 6) is -1.54. The Morgan fingerprint density at radius 2 is 2.16 bits per heavy atom. The second-order valence-corrected chi connectivity index (χ2v) is 4.80. The number of carbonyl (C=O) groups excluding carboxylic acids is 1. The number of hydrogen-bond acceptors (Lipinski definition) is 5. The average molecular weight is 298 g/mol. The quantitative estimate of drug-likeness (QED) is 0.908. The number of aromatic carboxylic acids is 1. The molecule has 0 radical (unpaired) electrons. The molecule has 0 aliphatic heterocycles. The van der Waals surface area contributed by atoms with Gasteiger partial charge in [0.1, 0.15) is 4.88 Å². The molecule has 0 bridgehead atoms. The standard InChI is InChI=1S/C11H8ClN3O3S/c1-5-9(19-15-14-5)10(16)13-6-2-3-8(12)7(4-6)11(17)18/h2-4H,1H3,(H,13,16)(H,17,18). The van der Waals surface area contributed by atoms with Gasteiger partial charge in [0.15, 0.2) is 0 Å². The number of hydrogen-bond donors (Lipinski definition) is 2. The van der Waals surface area contributed by atoms with E-state index in [1.54, 1.807) is 6.92 Å². The van der Waals surface area contributed by atoms with Gasteiger partial charge in [-0.05, 0) is 36.7 Å². The summed E-state index contributed by atoms with van der Waals surface area (Å²) in [6.07, 6.45) is 0. The van der Waals surface area contributed by atoms with Crippen molar-refractivity contribution in [3.8, 4) is 0 Å². The molecule has 2 aromatic rings. The maximum Gasteiger partial charge on any atom is 0.337 e. The Morgan fingerprint density at radius 1 is 1.42 bits per heavy atom. The molecule has 0 atom stereocenters. The van der Waals surface area contributed by atoms with Crippen LogP contribution in [0.2, 0.25) is 5.02 Å². The van der Waals surface area contributed by atoms with Crippen molar-refractivity contribution in [2.24, 2.45) is 0 Å². The average Bonchev–Trinajstić information content (AvgIpc) is 2.77. The Labute approximate surface area is 117 Å². The van der Waals surface area contributed by atoms with Crippen molar-refractivity contribution in [1.29, 1.82) is 0 Å². The smallest absolute Gasteiger partial charge is 0.337 e. The third kappa shape index (κ3) is 2.88. The molecular weight excluding hydrogens is 290 g/mol. The molecule has 0 spiro atoms. The zero-order valence-electron chi connectivity index (χ0n) is 9.68. The van der Waals surface area contributed by atoms with Gasteiger partial charge < -0.3 is 10.4 Å². The van der Waals surface area contributed by atoms with Crippen LogP contribution in [0.5, 0.6) is 0 Å². The molecule has 1 heterocycles. The highest BCUT2D eigenvalue weighted by atomic mass is 35.5. The summed E-state index contributed by atoms with van der Waals surface area (Å²) in [7, 11) is 0. The van der Waals surface area contributed by atoms with E-state index in [0.717, 1.165) is 11.5 Å². The van der Waals surface area contributed by atoms with Crippen molar-refractivity contribution in [3.63, 3.8) is 0 Å². The van der Waals surface area contributed by atoms with Crippen LogP contribution in [0.1, 0.15) is 25.7 Å². The van der Waals surface area contributed by atoms with E-state index in [4.69, 9.17) is 16.7 Å². The van der Waals surface area contributed by atoms with Crippen molar-refractivity contribution >= 4 is 40.7 Å². The third-order valence-corrected chi connectivity index (χ3v) is 3.47. The van der Waals surface area contributed by atoms with Crippen LogP contribution in [0.15, 0.2) is 18.2 Å². The highest BCUT2D eigenvalue weighted by molar-refractivity contribution is 7.08. The van der Waals surface area contributed by atoms with E-state index in [0.29, 0.717) is 16.3 Å². The summed E-state index contributed by atoms with van der Waals surface area (Å²) in [5.41, 5.74) is 0.799. The van der Waals surface area contributed by atoms with Crippen LogP contribution in [0.4, 0.5) is 5.69 Å². The number of nitrogens with one attached hydrogen (secondary N) is 1. The van der Waals surface area contributed by atoms with Crippen LogP contribution in [0.25, 0.3) is 0 Å². The first kappa shape index (κ1) is 13.4. The number of aromatic nitrogens is 2. The van der Waals surface area contributed by atoms with Crippen LogP contribution in [-0.4, -0.2) is 26.6 Å². The first-order valence-corrected chi connectivity index (χ1v) is 6.27. The first-order chi connectivity index (χ1) is 8.99. The Hall–Kier alpha value is -1.99. The van der Waals surface area contributed by atoms with Gasteiger partial charge in [0.05, 0.1) is 16.3 Å². The topological polar surface area (TPSA) is 92.2 Å². The maximum atomic E-state index is 11.9. The number of halogens is 1. The number of carboxylic acid groups (broad SMARTS) is 1. The highest BCUT2D eigenvalue weighted by Crippen LogP contribution is 2.21. The monoisotopic (exact) mass is 297 g/mol. The molecule has 0 saturated heterocycles. The molecule has 19 heavy (non-hydrogen) atoms. The van der Waals surface area contributed by atoms with Crippen molar-refractivity contribution in [2.75, 3.05) is 5.32 Å². The zero-order chi connectivity index (χ0) is 14.0. The predicted molar refractivity (Wildman–Crippen MR) is 71.0 cm³/mol. The summed E-state index contributed by atoms with van der Waals surface area (Å²) in [4.78, 5) is 23.2. The lowest BCUT2D eigenvalue weighted by Gasteiger charge is -2.06. The van der Waals surface area contributed by atoms with Crippen molar-refractivity contribution in [2.45, 2.75) is 6.92 Å². The van der Waals surface area contributed by atoms with Crippen LogP contribution < -0.4 is 5.32 Å². The molecule has 0 aliphatic rings. The molecule has 0 fully saturated rings. The van der Waals surface area contributed by atoms with E-state index < -0.39 is 5.97 Å². The van der Waals surface area contributed by atoms with Gasteiger partial charge in [-0.25, -0.2) is 4.79 Å². The number of nitrogens with zero attached hydrogens (tertiary/aromatic N) is 2. The maximum absolute atomic E-state index is 11.9. The van der Waals surface area contributed by atoms with Gasteiger partial charge in [0.2, 0.25) is 0 Å². The predicted octanol–water partition coefficient (Wildman–Crippen LogP) is 2.45. The fourth-order valence-electron chi connectivity index (χ4n) is 1.39. The van der Waals surface area contributed by atoms with Gasteiger partial charge in [0.25, 0.3) is 5.91 Å². The molecule has 1 aromatic heterocycles. The lowest BCUT2D eigenvalue weighted by atomic mass is 10.2. The Morgan fingerprint density at radius 3 is 2.74 bits per heavy atom. The van der Waals surface area contributed by atoms with Crippen LogP contribution in [-0.2, 0) is 0 Å². The zero-order valence-corrected chi connectivity index (χ0v) is 11.2. The van der Waals surface area contributed by atoms with Crippen molar-refractivity contribution in [3.05, 3.63) is 39.4 Å². The molecule has 6 nitrogen and oxygen atoms in total. The number of benzene rings is 1. The van der Waals surface area contributed by atoms with E-state index in [1.165, 1.54) is 18.2 Å². The van der Waals surface area contributed by atoms with E-state index in [9.17, 15) is 9.59 Å². The molecule has 0 saturated carbocycles. The number of amides is 1. The number of carboxylic acids is 1. The minimum atomic E-state index is -1.16. The van der Waals surface area contributed by atoms with Crippen molar-refractivity contribution in [1.82, 2.24) is 9.59 Å². The minimum Gasteiger partial charge on any atom is -0.478 e. The van der Waals surface area contributed by atoms with Gasteiger partial charge in [-0.3, -0.25) is 4.79 Å². The van der Waals surface area contributed by atoms with E-state index in [1.807, 2.05) is 0 Å². The summed E-state index contributed by atoms with van der Waals surface area (Å²) >= 11 is 6.72. The van der Waals surface area contributed by atoms with Gasteiger partial charge in [0, 0.05) is 5.69 Å². The van der Waals surface area contributed by atoms with E-state index in [-0.39, 0.29) is 16.5 Å². The van der Waals surface area contributed by atoms with Crippen LogP contribution in [0.3, 0.4) is 0 Å². The molecule has 2 N–H and O–H groups in total. The molecule has 2 rings (SSSR count). The summed E-state index contributed by atoms with van der Waals surface area (Å²) in [6, 6.07) is 4.24. The van der Waals surface area contributed by atoms with E-state index in [2.05, 4.69) is 14.9 Å². The summed E-state index contributed by atoms with van der Waals surface area (Å²) < 4.78 is 3.66. The number of rotatable bonds is 3. The van der Waals surface area contributed by atoms with Gasteiger partial charge in [-0.15, -0.1) is 5.10 Å². The minimum absolute atomic E-state index is 0.0707. The van der Waals surface area contributed by atoms with Crippen molar-refractivity contribution < 1.29 is 14.7 Å². The molecule has 0 unspecified atom stereocenters. The molecule has 1 amide bonds. The molecule has 8 heteroatoms. The lowest BCUT2D eigenvalue weighted by Crippen LogP contribution is -2.12. The SMILES string of the molecule is Cc1nnsc1C(=O)Nc1ccc(Cl)c(C(=O)O)c1. The van der Waals surface area contributed by atoms with Crippen LogP contribution >= 0.6 is 23.1 Å². The summed E-state index contributed by atoms with van der Waals surface area (Å²) in [5, 5.41) is 15.4. The Kier molecular flexibility index (Phi) is 3.77. The second-order valence-electron chi connectivity index (χ2n) is 3.64. The molecular formula is C11H8ClN3O3S. The highest BCUT2D eigenvalue weighted by Gasteiger charge is 2.15. The van der Waals surface area contributed by atoms with Gasteiger partial charge in [-0.2, -0.15) is 0 Å². The third-order valence-electron chi connectivity index (χ3n) is 2.31.